The highest BCUT2D eigenvalue weighted by Gasteiger charge is 1.80. The zero-order valence-corrected chi connectivity index (χ0v) is 2.84. The fraction of sp³-hybridized carbons (Fsp3) is 0. The average molecular weight is 89.8 g/mol. The Bertz CT molecular complexity index is 42.8. The van der Waals surface area contributed by atoms with Crippen LogP contribution in [0.15, 0.2) is 0 Å². The topological polar surface area (TPSA) is 78.0 Å². The summed E-state index contributed by atoms with van der Waals surface area (Å²) in [6.07, 6.45) is -1.47. The van der Waals surface area contributed by atoms with Gasteiger partial charge in [-0.15, -0.1) is 0 Å². The van der Waals surface area contributed by atoms with Crippen LogP contribution < -0.4 is 0 Å². The van der Waals surface area contributed by atoms with Gasteiger partial charge in [0, 0.05) is 0 Å². The molecule has 0 rings (SSSR count). The standard InChI is InChI=1S/CHBO3.H2O/c2-5-1(3)4;/h(H,3,4);1H2. The van der Waals surface area contributed by atoms with Crippen LogP contribution in [0.1, 0.15) is 0 Å². The highest BCUT2D eigenvalue weighted by atomic mass is 16.6. The Morgan fingerprint density at radius 2 is 2.00 bits per heavy atom. The Hall–Kier alpha value is -0.705. The van der Waals surface area contributed by atoms with E-state index >= 15 is 0 Å². The minimum absolute atomic E-state index is 0. The van der Waals surface area contributed by atoms with Crippen molar-refractivity contribution in [1.82, 2.24) is 0 Å². The number of hydrogen-bond acceptors (Lipinski definition) is 2. The maximum Gasteiger partial charge on any atom is 0.486 e. The van der Waals surface area contributed by atoms with Crippen molar-refractivity contribution in [3.63, 3.8) is 0 Å². The molecule has 5 heteroatoms. The van der Waals surface area contributed by atoms with Crippen molar-refractivity contribution in [1.29, 1.82) is 0 Å². The van der Waals surface area contributed by atoms with Crippen LogP contribution in [-0.2, 0) is 4.65 Å². The van der Waals surface area contributed by atoms with E-state index in [0.29, 0.717) is 0 Å². The summed E-state index contributed by atoms with van der Waals surface area (Å²) in [7, 11) is 4.07. The second kappa shape index (κ2) is 4.29. The summed E-state index contributed by atoms with van der Waals surface area (Å²) >= 11 is 0. The highest BCUT2D eigenvalue weighted by molar-refractivity contribution is 6.03. The van der Waals surface area contributed by atoms with Crippen molar-refractivity contribution in [3.8, 4) is 0 Å². The number of hydrogen-bond donors (Lipinski definition) is 1. The molecule has 0 aromatic heterocycles. The first-order valence-electron chi connectivity index (χ1n) is 0.868. The molecule has 34 valence electrons. The smallest absolute Gasteiger partial charge is 0.486 e. The Morgan fingerprint density at radius 3 is 2.00 bits per heavy atom. The van der Waals surface area contributed by atoms with Gasteiger partial charge in [0.2, 0.25) is 0 Å². The molecule has 0 heterocycles. The molecule has 0 saturated carbocycles. The second-order valence-corrected chi connectivity index (χ2v) is 0.384. The van der Waals surface area contributed by atoms with Gasteiger partial charge in [-0.2, -0.15) is 0 Å². The van der Waals surface area contributed by atoms with Crippen LogP contribution in [0.5, 0.6) is 0 Å². The molecule has 0 amide bonds. The monoisotopic (exact) mass is 90.0 g/mol. The largest absolute Gasteiger partial charge is 0.513 e. The average Bonchev–Trinajstić information content (AvgIpc) is 1.38. The maximum absolute atomic E-state index is 9.02. The number of carbonyl (C=O) groups is 1. The minimum atomic E-state index is -1.47. The van der Waals surface area contributed by atoms with Gasteiger partial charge in [0.15, 0.2) is 0 Å². The van der Waals surface area contributed by atoms with Gasteiger partial charge in [0.1, 0.15) is 0 Å². The zero-order chi connectivity index (χ0) is 4.28. The lowest BCUT2D eigenvalue weighted by atomic mass is 10.6. The summed E-state index contributed by atoms with van der Waals surface area (Å²) in [5.41, 5.74) is 0. The van der Waals surface area contributed by atoms with Gasteiger partial charge in [0.25, 0.3) is 0 Å². The molecule has 4 nitrogen and oxygen atoms in total. The van der Waals surface area contributed by atoms with Crippen LogP contribution in [0, 0.1) is 0 Å². The molecule has 0 aliphatic heterocycles. The molecule has 0 unspecified atom stereocenters. The van der Waals surface area contributed by atoms with Crippen molar-refractivity contribution >= 4 is 14.2 Å². The molecular formula is CH3BO4. The van der Waals surface area contributed by atoms with Crippen molar-refractivity contribution in [3.05, 3.63) is 0 Å². The van der Waals surface area contributed by atoms with E-state index in [-0.39, 0.29) is 5.48 Å². The van der Waals surface area contributed by atoms with Gasteiger partial charge in [-0.05, 0) is 0 Å². The van der Waals surface area contributed by atoms with Crippen LogP contribution in [0.25, 0.3) is 0 Å². The zero-order valence-electron chi connectivity index (χ0n) is 2.84. The third kappa shape index (κ3) is 10.3. The van der Waals surface area contributed by atoms with Crippen molar-refractivity contribution in [2.24, 2.45) is 0 Å². The second-order valence-electron chi connectivity index (χ2n) is 0.384. The van der Waals surface area contributed by atoms with E-state index in [1.54, 1.807) is 0 Å². The van der Waals surface area contributed by atoms with Gasteiger partial charge in [-0.25, -0.2) is 4.79 Å². The normalized spacial score (nSPS) is 5.33. The summed E-state index contributed by atoms with van der Waals surface area (Å²) in [6, 6.07) is 0. The van der Waals surface area contributed by atoms with Crippen LogP contribution in [0.4, 0.5) is 4.79 Å². The third-order valence-corrected chi connectivity index (χ3v) is 0.101. The molecule has 0 aliphatic carbocycles. The van der Waals surface area contributed by atoms with E-state index in [0.717, 1.165) is 0 Å². The lowest BCUT2D eigenvalue weighted by Crippen LogP contribution is -1.92. The third-order valence-electron chi connectivity index (χ3n) is 0.101. The summed E-state index contributed by atoms with van der Waals surface area (Å²) in [6.45, 7) is 0. The predicted octanol–water partition coefficient (Wildman–Crippen LogP) is -1.06. The van der Waals surface area contributed by atoms with Gasteiger partial charge < -0.3 is 15.2 Å². The lowest BCUT2D eigenvalue weighted by Gasteiger charge is -1.79. The fourth-order valence-electron chi connectivity index (χ4n) is 0. The van der Waals surface area contributed by atoms with E-state index in [9.17, 15) is 0 Å². The van der Waals surface area contributed by atoms with E-state index in [1.165, 1.54) is 0 Å². The highest BCUT2D eigenvalue weighted by Crippen LogP contribution is 1.59. The van der Waals surface area contributed by atoms with E-state index in [2.05, 4.69) is 12.7 Å². The first kappa shape index (κ1) is 9.00. The van der Waals surface area contributed by atoms with Crippen LogP contribution >= 0.6 is 0 Å². The summed E-state index contributed by atoms with van der Waals surface area (Å²) < 4.78 is 3.17. The molecule has 6 heavy (non-hydrogen) atoms. The molecule has 0 aliphatic rings. The van der Waals surface area contributed by atoms with Crippen molar-refractivity contribution < 1.29 is 20.0 Å². The van der Waals surface area contributed by atoms with Gasteiger partial charge in [-0.3, -0.25) is 0 Å². The molecule has 0 atom stereocenters. The SMILES string of the molecule is O.[B]OC(=O)O. The quantitative estimate of drug-likeness (QED) is 0.385. The van der Waals surface area contributed by atoms with Crippen LogP contribution in [0.3, 0.4) is 0 Å². The van der Waals surface area contributed by atoms with Gasteiger partial charge >= 0.3 is 14.2 Å². The Morgan fingerprint density at radius 1 is 1.83 bits per heavy atom. The molecule has 0 spiro atoms. The van der Waals surface area contributed by atoms with Crippen LogP contribution in [-0.4, -0.2) is 24.8 Å². The molecule has 0 aromatic rings. The number of rotatable bonds is 0. The summed E-state index contributed by atoms with van der Waals surface area (Å²) in [5, 5.41) is 7.38. The predicted molar refractivity (Wildman–Crippen MR) is 18.5 cm³/mol. The Balaban J connectivity index is 0. The number of carboxylic acid groups (broad SMARTS) is 1. The van der Waals surface area contributed by atoms with Crippen LogP contribution in [0.2, 0.25) is 0 Å². The minimum Gasteiger partial charge on any atom is -0.513 e. The lowest BCUT2D eigenvalue weighted by molar-refractivity contribution is 0.148. The first-order valence-corrected chi connectivity index (χ1v) is 0.868. The Labute approximate surface area is 35.5 Å². The summed E-state index contributed by atoms with van der Waals surface area (Å²) in [4.78, 5) is 9.02. The molecular weight excluding hydrogens is 86.8 g/mol. The molecule has 3 N–H and O–H groups in total. The van der Waals surface area contributed by atoms with Crippen molar-refractivity contribution in [2.45, 2.75) is 0 Å². The maximum atomic E-state index is 9.02. The molecule has 0 saturated heterocycles. The van der Waals surface area contributed by atoms with E-state index in [4.69, 9.17) is 9.90 Å². The molecule has 2 radical (unpaired) electrons. The summed E-state index contributed by atoms with van der Waals surface area (Å²) in [5.74, 6) is 0. The van der Waals surface area contributed by atoms with Gasteiger partial charge in [0.05, 0.1) is 0 Å². The molecule has 0 aromatic carbocycles. The van der Waals surface area contributed by atoms with E-state index in [1.807, 2.05) is 0 Å². The molecule has 0 bridgehead atoms. The fourth-order valence-corrected chi connectivity index (χ4v) is 0. The van der Waals surface area contributed by atoms with Crippen molar-refractivity contribution in [2.75, 3.05) is 0 Å². The Kier molecular flexibility index (Phi) is 6.44. The molecule has 0 fully saturated rings. The van der Waals surface area contributed by atoms with E-state index < -0.39 is 6.16 Å². The van der Waals surface area contributed by atoms with Gasteiger partial charge in [-0.1, -0.05) is 0 Å². The first-order chi connectivity index (χ1) is 2.27.